The van der Waals surface area contributed by atoms with E-state index in [0.29, 0.717) is 0 Å². The Bertz CT molecular complexity index is 576. The zero-order valence-corrected chi connectivity index (χ0v) is 11.7. The molecular formula is C14H17N3OS. The summed E-state index contributed by atoms with van der Waals surface area (Å²) in [6.45, 7) is 5.42. The summed E-state index contributed by atoms with van der Waals surface area (Å²) in [5.41, 5.74) is 9.96. The Labute approximate surface area is 116 Å². The largest absolute Gasteiger partial charge is 0.398 e. The highest BCUT2D eigenvalue weighted by Crippen LogP contribution is 2.29. The third-order valence-corrected chi connectivity index (χ3v) is 4.25. The molecule has 0 spiro atoms. The highest BCUT2D eigenvalue weighted by Gasteiger charge is 2.15. The van der Waals surface area contributed by atoms with Crippen molar-refractivity contribution in [3.8, 4) is 11.3 Å². The number of rotatable bonds is 2. The van der Waals surface area contributed by atoms with E-state index in [4.69, 9.17) is 15.5 Å². The van der Waals surface area contributed by atoms with Crippen molar-refractivity contribution in [1.82, 2.24) is 4.98 Å². The van der Waals surface area contributed by atoms with Gasteiger partial charge in [-0.15, -0.1) is 11.3 Å². The molecule has 2 aromatic rings. The molecule has 0 radical (unpaired) electrons. The predicted octanol–water partition coefficient (Wildman–Crippen LogP) is 2.54. The average molecular weight is 275 g/mol. The number of nitrogens with zero attached hydrogens (tertiary/aromatic N) is 2. The van der Waals surface area contributed by atoms with E-state index in [1.54, 1.807) is 11.3 Å². The molecule has 1 aliphatic rings. The lowest BCUT2D eigenvalue weighted by molar-refractivity contribution is 0.122. The van der Waals surface area contributed by atoms with Gasteiger partial charge in [0.15, 0.2) is 5.13 Å². The number of hydrogen-bond donors (Lipinski definition) is 1. The Balaban J connectivity index is 1.85. The zero-order chi connectivity index (χ0) is 13.2. The maximum atomic E-state index is 5.96. The summed E-state index contributed by atoms with van der Waals surface area (Å²) in [5, 5.41) is 3.16. The minimum absolute atomic E-state index is 0.784. The van der Waals surface area contributed by atoms with Crippen LogP contribution in [0.15, 0.2) is 23.6 Å². The van der Waals surface area contributed by atoms with Gasteiger partial charge in [0.1, 0.15) is 0 Å². The van der Waals surface area contributed by atoms with Crippen LogP contribution in [0, 0.1) is 6.92 Å². The molecule has 2 heterocycles. The number of ether oxygens (including phenoxy) is 1. The van der Waals surface area contributed by atoms with E-state index in [2.05, 4.69) is 16.3 Å². The number of anilines is 2. The van der Waals surface area contributed by atoms with Crippen molar-refractivity contribution >= 4 is 22.2 Å². The molecule has 19 heavy (non-hydrogen) atoms. The Hall–Kier alpha value is -1.59. The second kappa shape index (κ2) is 5.19. The molecule has 1 fully saturated rings. The molecule has 0 unspecified atom stereocenters. The van der Waals surface area contributed by atoms with Crippen LogP contribution in [-0.2, 0) is 4.74 Å². The van der Waals surface area contributed by atoms with Crippen LogP contribution in [-0.4, -0.2) is 31.3 Å². The fourth-order valence-electron chi connectivity index (χ4n) is 2.10. The van der Waals surface area contributed by atoms with Crippen molar-refractivity contribution in [3.05, 3.63) is 29.1 Å². The van der Waals surface area contributed by atoms with Crippen LogP contribution in [0.2, 0.25) is 0 Å². The summed E-state index contributed by atoms with van der Waals surface area (Å²) in [6, 6.07) is 6.11. The molecule has 5 heteroatoms. The monoisotopic (exact) mass is 275 g/mol. The number of aryl methyl sites for hydroxylation is 1. The van der Waals surface area contributed by atoms with E-state index < -0.39 is 0 Å². The van der Waals surface area contributed by atoms with E-state index >= 15 is 0 Å². The minimum atomic E-state index is 0.784. The van der Waals surface area contributed by atoms with Crippen molar-refractivity contribution < 1.29 is 4.74 Å². The van der Waals surface area contributed by atoms with E-state index in [9.17, 15) is 0 Å². The Kier molecular flexibility index (Phi) is 3.40. The van der Waals surface area contributed by atoms with Gasteiger partial charge in [0.2, 0.25) is 0 Å². The molecule has 0 amide bonds. The number of benzene rings is 1. The second-order valence-electron chi connectivity index (χ2n) is 4.69. The molecule has 1 aliphatic heterocycles. The van der Waals surface area contributed by atoms with Gasteiger partial charge in [0.05, 0.1) is 18.9 Å². The van der Waals surface area contributed by atoms with Gasteiger partial charge in [0.25, 0.3) is 0 Å². The van der Waals surface area contributed by atoms with Crippen molar-refractivity contribution in [2.24, 2.45) is 0 Å². The topological polar surface area (TPSA) is 51.4 Å². The number of hydrogen-bond acceptors (Lipinski definition) is 5. The Morgan fingerprint density at radius 1 is 1.32 bits per heavy atom. The van der Waals surface area contributed by atoms with Gasteiger partial charge in [-0.25, -0.2) is 4.98 Å². The summed E-state index contributed by atoms with van der Waals surface area (Å²) in [5.74, 6) is 0. The first-order valence-electron chi connectivity index (χ1n) is 6.39. The number of thiazole rings is 1. The highest BCUT2D eigenvalue weighted by atomic mass is 32.1. The Morgan fingerprint density at radius 2 is 2.11 bits per heavy atom. The van der Waals surface area contributed by atoms with Crippen LogP contribution in [0.3, 0.4) is 0 Å². The zero-order valence-electron chi connectivity index (χ0n) is 10.9. The molecule has 4 nitrogen and oxygen atoms in total. The Morgan fingerprint density at radius 3 is 2.84 bits per heavy atom. The first-order chi connectivity index (χ1) is 9.24. The normalized spacial score (nSPS) is 15.7. The second-order valence-corrected chi connectivity index (χ2v) is 5.52. The van der Waals surface area contributed by atoms with Crippen molar-refractivity contribution in [1.29, 1.82) is 0 Å². The van der Waals surface area contributed by atoms with Crippen LogP contribution < -0.4 is 10.6 Å². The third kappa shape index (κ3) is 2.57. The van der Waals surface area contributed by atoms with Gasteiger partial charge in [-0.2, -0.15) is 0 Å². The predicted molar refractivity (Wildman–Crippen MR) is 79.7 cm³/mol. The van der Waals surface area contributed by atoms with Crippen LogP contribution in [0.1, 0.15) is 5.56 Å². The third-order valence-electron chi connectivity index (χ3n) is 3.35. The summed E-state index contributed by atoms with van der Waals surface area (Å²) >= 11 is 1.68. The molecule has 100 valence electrons. The SMILES string of the molecule is Cc1ccc(-c2csc(N3CCOCC3)n2)cc1N. The first kappa shape index (κ1) is 12.4. The number of nitrogens with two attached hydrogens (primary N) is 1. The van der Waals surface area contributed by atoms with Crippen molar-refractivity contribution in [3.63, 3.8) is 0 Å². The molecule has 0 bridgehead atoms. The molecule has 3 rings (SSSR count). The fraction of sp³-hybridized carbons (Fsp3) is 0.357. The van der Waals surface area contributed by atoms with E-state index in [0.717, 1.165) is 53.9 Å². The van der Waals surface area contributed by atoms with E-state index in [1.807, 2.05) is 19.1 Å². The maximum absolute atomic E-state index is 5.96. The number of morpholine rings is 1. The average Bonchev–Trinajstić information content (AvgIpc) is 2.93. The van der Waals surface area contributed by atoms with E-state index in [-0.39, 0.29) is 0 Å². The number of aromatic nitrogens is 1. The van der Waals surface area contributed by atoms with Gasteiger partial charge >= 0.3 is 0 Å². The molecule has 0 saturated carbocycles. The molecular weight excluding hydrogens is 258 g/mol. The molecule has 1 saturated heterocycles. The summed E-state index contributed by atoms with van der Waals surface area (Å²) in [7, 11) is 0. The molecule has 1 aromatic carbocycles. The number of nitrogen functional groups attached to an aromatic ring is 1. The quantitative estimate of drug-likeness (QED) is 0.856. The summed E-state index contributed by atoms with van der Waals surface area (Å²) in [6.07, 6.45) is 0. The lowest BCUT2D eigenvalue weighted by atomic mass is 10.1. The highest BCUT2D eigenvalue weighted by molar-refractivity contribution is 7.14. The van der Waals surface area contributed by atoms with Crippen LogP contribution >= 0.6 is 11.3 Å². The van der Waals surface area contributed by atoms with Gasteiger partial charge in [-0.1, -0.05) is 12.1 Å². The van der Waals surface area contributed by atoms with Crippen molar-refractivity contribution in [2.45, 2.75) is 6.92 Å². The van der Waals surface area contributed by atoms with Gasteiger partial charge in [0, 0.05) is 29.7 Å². The van der Waals surface area contributed by atoms with Crippen LogP contribution in [0.5, 0.6) is 0 Å². The van der Waals surface area contributed by atoms with Crippen LogP contribution in [0.25, 0.3) is 11.3 Å². The minimum Gasteiger partial charge on any atom is -0.398 e. The summed E-state index contributed by atoms with van der Waals surface area (Å²) < 4.78 is 5.36. The van der Waals surface area contributed by atoms with Crippen molar-refractivity contribution in [2.75, 3.05) is 36.9 Å². The molecule has 1 aromatic heterocycles. The van der Waals surface area contributed by atoms with Gasteiger partial charge < -0.3 is 15.4 Å². The molecule has 0 aliphatic carbocycles. The molecule has 2 N–H and O–H groups in total. The van der Waals surface area contributed by atoms with Gasteiger partial charge in [-0.3, -0.25) is 0 Å². The van der Waals surface area contributed by atoms with E-state index in [1.165, 1.54) is 0 Å². The lowest BCUT2D eigenvalue weighted by Gasteiger charge is -2.26. The maximum Gasteiger partial charge on any atom is 0.186 e. The standard InChI is InChI=1S/C14H17N3OS/c1-10-2-3-11(8-12(10)15)13-9-19-14(16-13)17-4-6-18-7-5-17/h2-3,8-9H,4-7,15H2,1H3. The van der Waals surface area contributed by atoms with Crippen LogP contribution in [0.4, 0.5) is 10.8 Å². The van der Waals surface area contributed by atoms with Gasteiger partial charge in [-0.05, 0) is 18.6 Å². The smallest absolute Gasteiger partial charge is 0.186 e. The summed E-state index contributed by atoms with van der Waals surface area (Å²) in [4.78, 5) is 6.98. The molecule has 0 atom stereocenters. The first-order valence-corrected chi connectivity index (χ1v) is 7.27. The fourth-order valence-corrected chi connectivity index (χ4v) is 2.99. The lowest BCUT2D eigenvalue weighted by Crippen LogP contribution is -2.36.